The summed E-state index contributed by atoms with van der Waals surface area (Å²) in [5, 5.41) is 8.70. The Balaban J connectivity index is 0.00000288. The van der Waals surface area contributed by atoms with Crippen molar-refractivity contribution in [1.29, 1.82) is 0 Å². The van der Waals surface area contributed by atoms with Gasteiger partial charge in [-0.3, -0.25) is 0 Å². The normalized spacial score (nSPS) is 17.1. The molecule has 2 rings (SSSR count). The molecule has 2 N–H and O–H groups in total. The molecule has 1 aliphatic rings. The number of rotatable bonds is 2. The first-order valence-corrected chi connectivity index (χ1v) is 9.57. The van der Waals surface area contributed by atoms with Gasteiger partial charge in [0.25, 0.3) is 0 Å². The second kappa shape index (κ2) is 9.13. The van der Waals surface area contributed by atoms with E-state index in [4.69, 9.17) is 5.11 Å². The number of carbonyl (C=O) groups is 1. The van der Waals surface area contributed by atoms with Crippen molar-refractivity contribution in [3.05, 3.63) is 41.0 Å². The van der Waals surface area contributed by atoms with E-state index in [1.807, 2.05) is 0 Å². The zero-order valence-corrected chi connectivity index (χ0v) is 17.6. The largest absolute Gasteiger partial charge is 1.00 e. The van der Waals surface area contributed by atoms with E-state index in [0.29, 0.717) is 5.57 Å². The summed E-state index contributed by atoms with van der Waals surface area (Å²) in [5.41, 5.74) is 3.96. The van der Waals surface area contributed by atoms with E-state index in [1.165, 1.54) is 28.4 Å². The van der Waals surface area contributed by atoms with E-state index in [-0.39, 0.29) is 50.1 Å². The number of carboxylic acids is 1. The van der Waals surface area contributed by atoms with Crippen LogP contribution in [0.15, 0.2) is 29.8 Å². The van der Waals surface area contributed by atoms with E-state index in [0.717, 1.165) is 6.08 Å². The van der Waals surface area contributed by atoms with E-state index in [1.54, 1.807) is 6.92 Å². The van der Waals surface area contributed by atoms with Crippen molar-refractivity contribution < 1.29 is 34.2 Å². The van der Waals surface area contributed by atoms with Crippen LogP contribution in [0, 0.1) is 10.7 Å². The van der Waals surface area contributed by atoms with Gasteiger partial charge >= 0.3 is 164 Å². The van der Waals surface area contributed by atoms with Gasteiger partial charge in [-0.05, 0) is 0 Å². The van der Waals surface area contributed by atoms with Crippen LogP contribution in [0.3, 0.4) is 0 Å². The summed E-state index contributed by atoms with van der Waals surface area (Å²) in [7, 11) is 0. The summed E-state index contributed by atoms with van der Waals surface area (Å²) in [4.78, 5) is 13.7. The van der Waals surface area contributed by atoms with Gasteiger partial charge in [0.05, 0.1) is 0 Å². The van der Waals surface area contributed by atoms with Crippen molar-refractivity contribution >= 4 is 25.4 Å². The second-order valence-electron chi connectivity index (χ2n) is 7.47. The van der Waals surface area contributed by atoms with Crippen molar-refractivity contribution in [3.8, 4) is 10.7 Å². The van der Waals surface area contributed by atoms with Gasteiger partial charge in [-0.1, -0.05) is 0 Å². The third kappa shape index (κ3) is 6.07. The Morgan fingerprint density at radius 3 is 2.28 bits per heavy atom. The van der Waals surface area contributed by atoms with Crippen LogP contribution in [-0.2, 0) is 15.6 Å². The number of allylic oxidation sites excluding steroid dienone is 1. The van der Waals surface area contributed by atoms with Crippen LogP contribution in [0.4, 0.5) is 0 Å². The maximum Gasteiger partial charge on any atom is 1.00 e. The first kappa shape index (κ1) is 24.1. The Morgan fingerprint density at radius 1 is 1.16 bits per heavy atom. The van der Waals surface area contributed by atoms with Gasteiger partial charge in [-0.2, -0.15) is 0 Å². The summed E-state index contributed by atoms with van der Waals surface area (Å²) in [5.74, 6) is 1.99. The van der Waals surface area contributed by atoms with Gasteiger partial charge in [0.2, 0.25) is 0 Å². The van der Waals surface area contributed by atoms with Gasteiger partial charge in [-0.15, -0.1) is 0 Å². The van der Waals surface area contributed by atoms with Crippen LogP contribution in [0.1, 0.15) is 58.6 Å². The number of hydrogen-bond donors (Lipinski definition) is 1. The van der Waals surface area contributed by atoms with Crippen molar-refractivity contribution in [2.75, 3.05) is 0 Å². The van der Waals surface area contributed by atoms with Crippen LogP contribution in [0.2, 0.25) is 0 Å². The zero-order chi connectivity index (χ0) is 17.3. The van der Waals surface area contributed by atoms with Crippen molar-refractivity contribution in [2.24, 2.45) is 0 Å². The minimum absolute atomic E-state index is 0. The third-order valence-corrected chi connectivity index (χ3v) is 6.04. The molecule has 0 amide bonds. The summed E-state index contributed by atoms with van der Waals surface area (Å²) in [6.07, 6.45) is 3.58. The molecule has 1 aromatic rings. The summed E-state index contributed by atoms with van der Waals surface area (Å²) in [6, 6.07) is 6.78. The molecule has 0 spiro atoms. The summed E-state index contributed by atoms with van der Waals surface area (Å²) in [6.45, 7) is 11.0. The minimum Gasteiger partial charge on any atom is -0.870 e. The van der Waals surface area contributed by atoms with E-state index >= 15 is 0 Å². The minimum atomic E-state index is -0.943. The molecular weight excluding hydrogens is 374 g/mol. The number of fused-ring (bicyclic) bond motifs is 1. The van der Waals surface area contributed by atoms with Crippen LogP contribution in [0.5, 0.6) is 0 Å². The molecule has 5 heteroatoms. The predicted molar refractivity (Wildman–Crippen MR) is 98.2 cm³/mol. The molecule has 0 aromatic heterocycles. The molecule has 0 fully saturated rings. The van der Waals surface area contributed by atoms with Crippen molar-refractivity contribution in [2.45, 2.75) is 58.3 Å². The van der Waals surface area contributed by atoms with Gasteiger partial charge in [0, 0.05) is 0 Å². The van der Waals surface area contributed by atoms with Gasteiger partial charge < -0.3 is 5.48 Å². The fourth-order valence-electron chi connectivity index (χ4n) is 3.02. The SMILES string of the molecule is CC(C#C[Se]c1ccc2c(c1)C(C)(C)CCC2(C)C)=CC(=O)O.[Li+].[OH-]. The molecule has 0 radical (unpaired) electrons. The fourth-order valence-corrected chi connectivity index (χ4v) is 4.37. The molecule has 0 heterocycles. The van der Waals surface area contributed by atoms with E-state index in [2.05, 4.69) is 56.6 Å². The van der Waals surface area contributed by atoms with Crippen LogP contribution >= 0.6 is 0 Å². The van der Waals surface area contributed by atoms with Gasteiger partial charge in [0.1, 0.15) is 0 Å². The zero-order valence-electron chi connectivity index (χ0n) is 15.9. The summed E-state index contributed by atoms with van der Waals surface area (Å²) >= 11 is 0.0420. The monoisotopic (exact) mass is 400 g/mol. The number of carboxylic acid groups (broad SMARTS) is 1. The average Bonchev–Trinajstić information content (AvgIpc) is 2.43. The smallest absolute Gasteiger partial charge is 0.870 e. The summed E-state index contributed by atoms with van der Waals surface area (Å²) < 4.78 is 1.26. The van der Waals surface area contributed by atoms with Gasteiger partial charge in [0.15, 0.2) is 0 Å². The molecular formula is C20H25LiO3Se. The maximum absolute atomic E-state index is 10.6. The second-order valence-corrected chi connectivity index (χ2v) is 9.32. The fraction of sp³-hybridized carbons (Fsp3) is 0.450. The first-order chi connectivity index (χ1) is 10.6. The van der Waals surface area contributed by atoms with Crippen molar-refractivity contribution in [3.63, 3.8) is 0 Å². The van der Waals surface area contributed by atoms with Crippen LogP contribution in [-0.4, -0.2) is 31.5 Å². The van der Waals surface area contributed by atoms with Crippen LogP contribution < -0.4 is 23.3 Å². The molecule has 0 saturated carbocycles. The molecule has 25 heavy (non-hydrogen) atoms. The number of aliphatic carboxylic acids is 1. The Hall–Kier alpha value is -0.933. The quantitative estimate of drug-likeness (QED) is 0.439. The average molecular weight is 399 g/mol. The molecule has 0 bridgehead atoms. The van der Waals surface area contributed by atoms with Crippen LogP contribution in [0.25, 0.3) is 0 Å². The maximum atomic E-state index is 10.6. The molecule has 0 atom stereocenters. The number of benzene rings is 1. The third-order valence-electron chi connectivity index (χ3n) is 4.58. The molecule has 0 unspecified atom stereocenters. The van der Waals surface area contributed by atoms with Gasteiger partial charge in [-0.25, -0.2) is 0 Å². The molecule has 0 saturated heterocycles. The Labute approximate surface area is 169 Å². The van der Waals surface area contributed by atoms with E-state index < -0.39 is 5.97 Å². The molecule has 0 aliphatic heterocycles. The standard InChI is InChI=1S/C20H24O2Se.Li.H2O/c1-14(12-18(21)22)8-11-23-15-6-7-16-17(13-15)20(4,5)10-9-19(16,2)3;;/h6-7,12-13H,9-10H2,1-5H3,(H,21,22);;1H2/q;+1;/p-1. The molecule has 130 valence electrons. The Kier molecular flexibility index (Phi) is 8.79. The van der Waals surface area contributed by atoms with E-state index in [9.17, 15) is 4.79 Å². The topological polar surface area (TPSA) is 67.3 Å². The molecule has 3 nitrogen and oxygen atoms in total. The predicted octanol–water partition coefficient (Wildman–Crippen LogP) is 0.184. The first-order valence-electron chi connectivity index (χ1n) is 7.86. The number of hydrogen-bond acceptors (Lipinski definition) is 2. The molecule has 1 aliphatic carbocycles. The Morgan fingerprint density at radius 2 is 1.72 bits per heavy atom. The molecule has 1 aromatic carbocycles. The van der Waals surface area contributed by atoms with Crippen molar-refractivity contribution in [1.82, 2.24) is 0 Å². The Bertz CT molecular complexity index is 724.